The van der Waals surface area contributed by atoms with Crippen LogP contribution in [-0.4, -0.2) is 19.8 Å². The molecule has 0 saturated carbocycles. The van der Waals surface area contributed by atoms with Gasteiger partial charge < -0.3 is 5.32 Å². The van der Waals surface area contributed by atoms with Crippen molar-refractivity contribution in [2.45, 2.75) is 12.8 Å². The first-order chi connectivity index (χ1) is 6.83. The summed E-state index contributed by atoms with van der Waals surface area (Å²) in [6, 6.07) is 8.29. The van der Waals surface area contributed by atoms with Crippen LogP contribution in [0.4, 0.5) is 4.39 Å². The third kappa shape index (κ3) is 1.67. The fraction of sp³-hybridized carbons (Fsp3) is 0.500. The summed E-state index contributed by atoms with van der Waals surface area (Å²) in [4.78, 5) is 0. The van der Waals surface area contributed by atoms with Gasteiger partial charge in [0.05, 0.1) is 6.67 Å². The molecular weight excluding hydrogens is 177 g/mol. The van der Waals surface area contributed by atoms with Crippen LogP contribution in [0.3, 0.4) is 0 Å². The largest absolute Gasteiger partial charge is 0.316 e. The monoisotopic (exact) mass is 193 g/mol. The SMILES string of the molecule is Cc1ccccc1[C@@H]1CNC[C@H]1CF. The maximum absolute atomic E-state index is 12.7. The van der Waals surface area contributed by atoms with Crippen LogP contribution >= 0.6 is 0 Å². The number of nitrogens with one attached hydrogen (secondary N) is 1. The van der Waals surface area contributed by atoms with Crippen molar-refractivity contribution in [1.29, 1.82) is 0 Å². The van der Waals surface area contributed by atoms with E-state index in [1.807, 2.05) is 12.1 Å². The molecule has 0 aliphatic carbocycles. The zero-order chi connectivity index (χ0) is 9.97. The Kier molecular flexibility index (Phi) is 2.82. The number of benzene rings is 1. The van der Waals surface area contributed by atoms with Crippen LogP contribution in [0.15, 0.2) is 24.3 Å². The molecule has 1 saturated heterocycles. The van der Waals surface area contributed by atoms with Gasteiger partial charge in [-0.2, -0.15) is 0 Å². The minimum absolute atomic E-state index is 0.163. The van der Waals surface area contributed by atoms with Gasteiger partial charge in [-0.15, -0.1) is 0 Å². The Morgan fingerprint density at radius 2 is 2.14 bits per heavy atom. The maximum Gasteiger partial charge on any atom is 0.0941 e. The van der Waals surface area contributed by atoms with Crippen LogP contribution in [0.25, 0.3) is 0 Å². The average Bonchev–Trinajstić information content (AvgIpc) is 2.66. The van der Waals surface area contributed by atoms with E-state index in [2.05, 4.69) is 24.4 Å². The van der Waals surface area contributed by atoms with Gasteiger partial charge in [-0.3, -0.25) is 4.39 Å². The topological polar surface area (TPSA) is 12.0 Å². The van der Waals surface area contributed by atoms with Crippen molar-refractivity contribution >= 4 is 0 Å². The minimum Gasteiger partial charge on any atom is -0.316 e. The Bertz CT molecular complexity index is 311. The number of alkyl halides is 1. The van der Waals surface area contributed by atoms with Crippen molar-refractivity contribution in [2.75, 3.05) is 19.8 Å². The summed E-state index contributed by atoms with van der Waals surface area (Å²) in [5, 5.41) is 3.26. The fourth-order valence-electron chi connectivity index (χ4n) is 2.26. The fourth-order valence-corrected chi connectivity index (χ4v) is 2.26. The van der Waals surface area contributed by atoms with E-state index in [0.717, 1.165) is 13.1 Å². The van der Waals surface area contributed by atoms with Crippen LogP contribution in [0.1, 0.15) is 17.0 Å². The maximum atomic E-state index is 12.7. The molecular formula is C12H16FN. The molecule has 14 heavy (non-hydrogen) atoms. The van der Waals surface area contributed by atoms with Crippen LogP contribution < -0.4 is 5.32 Å². The highest BCUT2D eigenvalue weighted by Crippen LogP contribution is 2.30. The van der Waals surface area contributed by atoms with Crippen molar-refractivity contribution < 1.29 is 4.39 Å². The van der Waals surface area contributed by atoms with E-state index in [4.69, 9.17) is 0 Å². The third-order valence-corrected chi connectivity index (χ3v) is 3.13. The molecule has 1 aromatic carbocycles. The number of hydrogen-bond acceptors (Lipinski definition) is 1. The van der Waals surface area contributed by atoms with Gasteiger partial charge in [-0.1, -0.05) is 24.3 Å². The number of rotatable bonds is 2. The van der Waals surface area contributed by atoms with Gasteiger partial charge >= 0.3 is 0 Å². The summed E-state index contributed by atoms with van der Waals surface area (Å²) in [6.07, 6.45) is 0. The zero-order valence-electron chi connectivity index (χ0n) is 8.46. The molecule has 2 heteroatoms. The van der Waals surface area contributed by atoms with Gasteiger partial charge in [0.25, 0.3) is 0 Å². The van der Waals surface area contributed by atoms with E-state index in [0.29, 0.717) is 5.92 Å². The molecule has 1 heterocycles. The van der Waals surface area contributed by atoms with Crippen molar-refractivity contribution in [2.24, 2.45) is 5.92 Å². The highest BCUT2D eigenvalue weighted by atomic mass is 19.1. The normalized spacial score (nSPS) is 26.7. The summed E-state index contributed by atoms with van der Waals surface area (Å²) < 4.78 is 12.7. The highest BCUT2D eigenvalue weighted by molar-refractivity contribution is 5.30. The summed E-state index contributed by atoms with van der Waals surface area (Å²) in [6.45, 7) is 3.61. The molecule has 1 aliphatic rings. The van der Waals surface area contributed by atoms with Gasteiger partial charge in [-0.25, -0.2) is 0 Å². The van der Waals surface area contributed by atoms with Crippen molar-refractivity contribution in [3.8, 4) is 0 Å². The molecule has 0 unspecified atom stereocenters. The van der Waals surface area contributed by atoms with Crippen LogP contribution in [-0.2, 0) is 0 Å². The number of aryl methyl sites for hydroxylation is 1. The van der Waals surface area contributed by atoms with E-state index in [-0.39, 0.29) is 12.6 Å². The Morgan fingerprint density at radius 3 is 2.86 bits per heavy atom. The Hall–Kier alpha value is -0.890. The van der Waals surface area contributed by atoms with Crippen LogP contribution in [0, 0.1) is 12.8 Å². The molecule has 0 spiro atoms. The third-order valence-electron chi connectivity index (χ3n) is 3.13. The smallest absolute Gasteiger partial charge is 0.0941 e. The Balaban J connectivity index is 2.26. The van der Waals surface area contributed by atoms with Crippen molar-refractivity contribution in [3.63, 3.8) is 0 Å². The first-order valence-corrected chi connectivity index (χ1v) is 5.15. The molecule has 1 fully saturated rings. The molecule has 1 aromatic rings. The molecule has 2 atom stereocenters. The van der Waals surface area contributed by atoms with E-state index in [1.54, 1.807) is 0 Å². The van der Waals surface area contributed by atoms with E-state index in [1.165, 1.54) is 11.1 Å². The van der Waals surface area contributed by atoms with Crippen LogP contribution in [0.2, 0.25) is 0 Å². The summed E-state index contributed by atoms with van der Waals surface area (Å²) >= 11 is 0. The molecule has 1 aliphatic heterocycles. The van der Waals surface area contributed by atoms with Gasteiger partial charge in [0.15, 0.2) is 0 Å². The Morgan fingerprint density at radius 1 is 1.36 bits per heavy atom. The van der Waals surface area contributed by atoms with Gasteiger partial charge in [0, 0.05) is 24.9 Å². The molecule has 1 nitrogen and oxygen atoms in total. The van der Waals surface area contributed by atoms with E-state index in [9.17, 15) is 4.39 Å². The van der Waals surface area contributed by atoms with E-state index < -0.39 is 0 Å². The van der Waals surface area contributed by atoms with E-state index >= 15 is 0 Å². The van der Waals surface area contributed by atoms with Gasteiger partial charge in [0.2, 0.25) is 0 Å². The quantitative estimate of drug-likeness (QED) is 0.759. The predicted octanol–water partition coefficient (Wildman–Crippen LogP) is 2.27. The second kappa shape index (κ2) is 4.09. The summed E-state index contributed by atoms with van der Waals surface area (Å²) in [5.41, 5.74) is 2.58. The lowest BCUT2D eigenvalue weighted by Gasteiger charge is -2.17. The molecule has 0 bridgehead atoms. The second-order valence-corrected chi connectivity index (χ2v) is 4.04. The van der Waals surface area contributed by atoms with Crippen molar-refractivity contribution in [1.82, 2.24) is 5.32 Å². The minimum atomic E-state index is -0.216. The lowest BCUT2D eigenvalue weighted by atomic mass is 9.87. The molecule has 0 radical (unpaired) electrons. The molecule has 0 amide bonds. The molecule has 76 valence electrons. The summed E-state index contributed by atoms with van der Waals surface area (Å²) in [7, 11) is 0. The lowest BCUT2D eigenvalue weighted by Crippen LogP contribution is -2.13. The summed E-state index contributed by atoms with van der Waals surface area (Å²) in [5.74, 6) is 0.525. The first kappa shape index (κ1) is 9.66. The predicted molar refractivity (Wildman–Crippen MR) is 56.3 cm³/mol. The van der Waals surface area contributed by atoms with Gasteiger partial charge in [-0.05, 0) is 18.1 Å². The zero-order valence-corrected chi connectivity index (χ0v) is 8.46. The van der Waals surface area contributed by atoms with Gasteiger partial charge in [0.1, 0.15) is 0 Å². The second-order valence-electron chi connectivity index (χ2n) is 4.04. The standard InChI is InChI=1S/C12H16FN/c1-9-4-2-3-5-11(9)12-8-14-7-10(12)6-13/h2-5,10,12,14H,6-8H2,1H3/t10-,12-/m1/s1. The Labute approximate surface area is 84.3 Å². The number of halogens is 1. The molecule has 2 rings (SSSR count). The van der Waals surface area contributed by atoms with Crippen LogP contribution in [0.5, 0.6) is 0 Å². The molecule has 0 aromatic heterocycles. The lowest BCUT2D eigenvalue weighted by molar-refractivity contribution is 0.358. The average molecular weight is 193 g/mol. The van der Waals surface area contributed by atoms with Crippen molar-refractivity contribution in [3.05, 3.63) is 35.4 Å². The number of hydrogen-bond donors (Lipinski definition) is 1. The first-order valence-electron chi connectivity index (χ1n) is 5.15. The molecule has 1 N–H and O–H groups in total. The highest BCUT2D eigenvalue weighted by Gasteiger charge is 2.28.